The molecule has 1 N–H and O–H groups in total. The van der Waals surface area contributed by atoms with Crippen LogP contribution in [0.2, 0.25) is 0 Å². The number of aryl methyl sites for hydroxylation is 1. The van der Waals surface area contributed by atoms with Crippen molar-refractivity contribution in [1.82, 2.24) is 20.0 Å². The van der Waals surface area contributed by atoms with Gasteiger partial charge in [-0.05, 0) is 33.6 Å². The molecule has 1 aliphatic heterocycles. The summed E-state index contributed by atoms with van der Waals surface area (Å²) in [6, 6.07) is -0.0611. The van der Waals surface area contributed by atoms with E-state index < -0.39 is 5.60 Å². The van der Waals surface area contributed by atoms with Gasteiger partial charge in [0.15, 0.2) is 0 Å². The van der Waals surface area contributed by atoms with E-state index in [0.717, 1.165) is 12.8 Å². The van der Waals surface area contributed by atoms with Crippen LogP contribution in [0, 0.1) is 0 Å². The highest BCUT2D eigenvalue weighted by Gasteiger charge is 2.28. The van der Waals surface area contributed by atoms with Crippen molar-refractivity contribution in [3.05, 3.63) is 18.0 Å². The number of aromatic nitrogens is 2. The van der Waals surface area contributed by atoms with Crippen LogP contribution < -0.4 is 5.32 Å². The highest BCUT2D eigenvalue weighted by molar-refractivity contribution is 5.93. The van der Waals surface area contributed by atoms with Gasteiger partial charge in [-0.15, -0.1) is 0 Å². The zero-order valence-corrected chi connectivity index (χ0v) is 13.6. The molecule has 2 rings (SSSR count). The number of hydrogen-bond acceptors (Lipinski definition) is 4. The lowest BCUT2D eigenvalue weighted by molar-refractivity contribution is 0.0185. The summed E-state index contributed by atoms with van der Waals surface area (Å²) in [5.41, 5.74) is 0.0140. The van der Waals surface area contributed by atoms with Gasteiger partial charge in [0, 0.05) is 32.4 Å². The molecule has 1 aromatic rings. The van der Waals surface area contributed by atoms with Gasteiger partial charge in [-0.2, -0.15) is 5.10 Å². The molecule has 2 heterocycles. The minimum atomic E-state index is -0.511. The Morgan fingerprint density at radius 2 is 2.14 bits per heavy atom. The van der Waals surface area contributed by atoms with Crippen LogP contribution in [0.5, 0.6) is 0 Å². The van der Waals surface area contributed by atoms with E-state index in [1.54, 1.807) is 22.8 Å². The van der Waals surface area contributed by atoms with Gasteiger partial charge in [-0.25, -0.2) is 4.79 Å². The number of carbonyl (C=O) groups excluding carboxylic acids is 2. The van der Waals surface area contributed by atoms with Crippen LogP contribution in [0.25, 0.3) is 0 Å². The normalized spacial score (nSPS) is 18.9. The van der Waals surface area contributed by atoms with Crippen molar-refractivity contribution in [1.29, 1.82) is 0 Å². The third-order valence-corrected chi connectivity index (χ3v) is 3.38. The van der Waals surface area contributed by atoms with Gasteiger partial charge >= 0.3 is 6.09 Å². The summed E-state index contributed by atoms with van der Waals surface area (Å²) in [6.07, 6.45) is 4.57. The Hall–Kier alpha value is -2.05. The molecule has 22 heavy (non-hydrogen) atoms. The number of piperidine rings is 1. The van der Waals surface area contributed by atoms with Crippen molar-refractivity contribution in [2.45, 2.75) is 45.3 Å². The SMILES string of the molecule is Cn1cc(C(=O)NC2CCCN(C(=O)OC(C)(C)C)C2)cn1. The zero-order chi connectivity index (χ0) is 16.3. The Morgan fingerprint density at radius 3 is 2.73 bits per heavy atom. The van der Waals surface area contributed by atoms with E-state index in [1.165, 1.54) is 6.20 Å². The second-order valence-corrected chi connectivity index (χ2v) is 6.64. The van der Waals surface area contributed by atoms with Crippen molar-refractivity contribution in [2.75, 3.05) is 13.1 Å². The van der Waals surface area contributed by atoms with Crippen LogP contribution in [-0.2, 0) is 11.8 Å². The van der Waals surface area contributed by atoms with Gasteiger partial charge < -0.3 is 15.0 Å². The molecule has 0 bridgehead atoms. The van der Waals surface area contributed by atoms with Crippen molar-refractivity contribution < 1.29 is 14.3 Å². The van der Waals surface area contributed by atoms with Crippen LogP contribution >= 0.6 is 0 Å². The summed E-state index contributed by atoms with van der Waals surface area (Å²) in [5.74, 6) is -0.163. The summed E-state index contributed by atoms with van der Waals surface area (Å²) in [4.78, 5) is 25.9. The third kappa shape index (κ3) is 4.47. The lowest BCUT2D eigenvalue weighted by Crippen LogP contribution is -2.50. The Balaban J connectivity index is 1.90. The molecule has 0 aromatic carbocycles. The largest absolute Gasteiger partial charge is 0.444 e. The molecule has 7 heteroatoms. The first-order chi connectivity index (χ1) is 10.2. The predicted octanol–water partition coefficient (Wildman–Crippen LogP) is 1.55. The second kappa shape index (κ2) is 6.37. The molecule has 1 aromatic heterocycles. The number of amides is 2. The second-order valence-electron chi connectivity index (χ2n) is 6.64. The molecule has 0 radical (unpaired) electrons. The fourth-order valence-corrected chi connectivity index (χ4v) is 2.39. The summed E-state index contributed by atoms with van der Waals surface area (Å²) in [7, 11) is 1.77. The Kier molecular flexibility index (Phi) is 4.73. The van der Waals surface area contributed by atoms with Crippen LogP contribution in [-0.4, -0.2) is 51.4 Å². The van der Waals surface area contributed by atoms with E-state index >= 15 is 0 Å². The quantitative estimate of drug-likeness (QED) is 0.899. The van der Waals surface area contributed by atoms with E-state index in [0.29, 0.717) is 18.7 Å². The van der Waals surface area contributed by atoms with Crippen molar-refractivity contribution in [3.63, 3.8) is 0 Å². The monoisotopic (exact) mass is 308 g/mol. The average molecular weight is 308 g/mol. The number of ether oxygens (including phenoxy) is 1. The van der Waals surface area contributed by atoms with Crippen LogP contribution in [0.4, 0.5) is 4.79 Å². The molecule has 1 atom stereocenters. The molecule has 1 unspecified atom stereocenters. The molecule has 1 aliphatic rings. The number of nitrogens with zero attached hydrogens (tertiary/aromatic N) is 3. The maximum absolute atomic E-state index is 12.1. The molecule has 0 aliphatic carbocycles. The number of rotatable bonds is 2. The molecule has 1 fully saturated rings. The topological polar surface area (TPSA) is 76.5 Å². The van der Waals surface area contributed by atoms with E-state index in [4.69, 9.17) is 4.74 Å². The first-order valence-corrected chi connectivity index (χ1v) is 7.52. The maximum Gasteiger partial charge on any atom is 0.410 e. The van der Waals surface area contributed by atoms with Gasteiger partial charge in [0.2, 0.25) is 0 Å². The maximum atomic E-state index is 12.1. The first-order valence-electron chi connectivity index (χ1n) is 7.52. The highest BCUT2D eigenvalue weighted by atomic mass is 16.6. The summed E-state index contributed by atoms with van der Waals surface area (Å²) in [5, 5.41) is 6.94. The summed E-state index contributed by atoms with van der Waals surface area (Å²) in [6.45, 7) is 6.67. The number of likely N-dealkylation sites (tertiary alicyclic amines) is 1. The van der Waals surface area contributed by atoms with Gasteiger partial charge in [0.1, 0.15) is 5.60 Å². The molecule has 7 nitrogen and oxygen atoms in total. The molecular weight excluding hydrogens is 284 g/mol. The van der Waals surface area contributed by atoms with E-state index in [-0.39, 0.29) is 18.0 Å². The van der Waals surface area contributed by atoms with Crippen molar-refractivity contribution in [3.8, 4) is 0 Å². The standard InChI is InChI=1S/C15H24N4O3/c1-15(2,3)22-14(21)19-7-5-6-12(10-19)17-13(20)11-8-16-18(4)9-11/h8-9,12H,5-7,10H2,1-4H3,(H,17,20). The molecule has 0 spiro atoms. The minimum Gasteiger partial charge on any atom is -0.444 e. The van der Waals surface area contributed by atoms with Gasteiger partial charge in [0.25, 0.3) is 5.91 Å². The summed E-state index contributed by atoms with van der Waals surface area (Å²) >= 11 is 0. The van der Waals surface area contributed by atoms with E-state index in [2.05, 4.69) is 10.4 Å². The molecular formula is C15H24N4O3. The number of hydrogen-bond donors (Lipinski definition) is 1. The van der Waals surface area contributed by atoms with Crippen molar-refractivity contribution >= 4 is 12.0 Å². The lowest BCUT2D eigenvalue weighted by atomic mass is 10.1. The number of carbonyl (C=O) groups is 2. The Morgan fingerprint density at radius 1 is 1.41 bits per heavy atom. The minimum absolute atomic E-state index is 0.0611. The molecule has 0 saturated carbocycles. The zero-order valence-electron chi connectivity index (χ0n) is 13.6. The van der Waals surface area contributed by atoms with Crippen LogP contribution in [0.3, 0.4) is 0 Å². The predicted molar refractivity (Wildman–Crippen MR) is 81.5 cm³/mol. The fourth-order valence-electron chi connectivity index (χ4n) is 2.39. The molecule has 122 valence electrons. The van der Waals surface area contributed by atoms with E-state index in [9.17, 15) is 9.59 Å². The van der Waals surface area contributed by atoms with Gasteiger partial charge in [0.05, 0.1) is 11.8 Å². The lowest BCUT2D eigenvalue weighted by Gasteiger charge is -2.34. The smallest absolute Gasteiger partial charge is 0.410 e. The van der Waals surface area contributed by atoms with Crippen LogP contribution in [0.15, 0.2) is 12.4 Å². The Labute approximate surface area is 130 Å². The molecule has 1 saturated heterocycles. The average Bonchev–Trinajstić information content (AvgIpc) is 2.84. The first kappa shape index (κ1) is 16.3. The number of nitrogens with one attached hydrogen (secondary N) is 1. The highest BCUT2D eigenvalue weighted by Crippen LogP contribution is 2.15. The van der Waals surface area contributed by atoms with Gasteiger partial charge in [-0.1, -0.05) is 0 Å². The van der Waals surface area contributed by atoms with Crippen molar-refractivity contribution in [2.24, 2.45) is 7.05 Å². The van der Waals surface area contributed by atoms with Crippen LogP contribution in [0.1, 0.15) is 44.0 Å². The Bertz CT molecular complexity index is 547. The van der Waals surface area contributed by atoms with Gasteiger partial charge in [-0.3, -0.25) is 9.48 Å². The third-order valence-electron chi connectivity index (χ3n) is 3.38. The van der Waals surface area contributed by atoms with E-state index in [1.807, 2.05) is 20.8 Å². The fraction of sp³-hybridized carbons (Fsp3) is 0.667. The molecule has 2 amide bonds. The summed E-state index contributed by atoms with van der Waals surface area (Å²) < 4.78 is 6.97.